The number of nitrogens with one attached hydrogen (secondary N) is 1. The van der Waals surface area contributed by atoms with Crippen molar-refractivity contribution in [3.8, 4) is 0 Å². The zero-order chi connectivity index (χ0) is 13.7. The Morgan fingerprint density at radius 3 is 2.83 bits per heavy atom. The molecule has 1 rings (SSSR count). The van der Waals surface area contributed by atoms with Crippen molar-refractivity contribution >= 4 is 22.5 Å². The van der Waals surface area contributed by atoms with Crippen molar-refractivity contribution in [3.05, 3.63) is 11.3 Å². The van der Waals surface area contributed by atoms with Crippen LogP contribution in [0.1, 0.15) is 36.3 Å². The first-order chi connectivity index (χ1) is 8.47. The largest absolute Gasteiger partial charge is 0.478 e. The Kier molecular flexibility index (Phi) is 5.55. The van der Waals surface area contributed by atoms with E-state index in [-0.39, 0.29) is 0 Å². The van der Waals surface area contributed by atoms with E-state index >= 15 is 0 Å². The molecule has 0 bridgehead atoms. The molecule has 0 amide bonds. The van der Waals surface area contributed by atoms with E-state index in [1.807, 2.05) is 0 Å². The Labute approximate surface area is 112 Å². The fraction of sp³-hybridized carbons (Fsp3) is 0.667. The maximum atomic E-state index is 11.1. The number of nitrogens with zero attached hydrogens (tertiary/aromatic N) is 2. The minimum absolute atomic E-state index is 0.297. The van der Waals surface area contributed by atoms with Gasteiger partial charge in [-0.05, 0) is 38.8 Å². The van der Waals surface area contributed by atoms with Crippen molar-refractivity contribution in [1.82, 2.24) is 9.27 Å². The second-order valence-corrected chi connectivity index (χ2v) is 5.22. The van der Waals surface area contributed by atoms with Crippen LogP contribution < -0.4 is 5.32 Å². The summed E-state index contributed by atoms with van der Waals surface area (Å²) in [4.78, 5) is 13.3. The minimum atomic E-state index is -0.918. The molecule has 1 unspecified atom stereocenters. The van der Waals surface area contributed by atoms with Crippen molar-refractivity contribution in [2.75, 3.05) is 25.5 Å². The van der Waals surface area contributed by atoms with Crippen molar-refractivity contribution in [1.29, 1.82) is 0 Å². The van der Waals surface area contributed by atoms with E-state index in [0.717, 1.165) is 19.5 Å². The number of hydrogen-bond acceptors (Lipinski definition) is 5. The van der Waals surface area contributed by atoms with Crippen LogP contribution in [0, 0.1) is 6.92 Å². The smallest absolute Gasteiger partial charge is 0.340 e. The number of carbonyl (C=O) groups is 1. The molecular weight excluding hydrogens is 250 g/mol. The van der Waals surface area contributed by atoms with Gasteiger partial charge in [0, 0.05) is 19.1 Å². The van der Waals surface area contributed by atoms with Crippen LogP contribution in [0.2, 0.25) is 0 Å². The highest BCUT2D eigenvalue weighted by Crippen LogP contribution is 2.23. The number of aryl methyl sites for hydroxylation is 1. The zero-order valence-electron chi connectivity index (χ0n) is 11.4. The first kappa shape index (κ1) is 14.9. The fourth-order valence-corrected chi connectivity index (χ4v) is 2.43. The van der Waals surface area contributed by atoms with Gasteiger partial charge in [-0.2, -0.15) is 4.37 Å². The average molecular weight is 271 g/mol. The molecule has 0 saturated heterocycles. The van der Waals surface area contributed by atoms with Gasteiger partial charge in [0.25, 0.3) is 0 Å². The molecule has 1 aromatic rings. The highest BCUT2D eigenvalue weighted by Gasteiger charge is 2.17. The molecule has 0 spiro atoms. The Hall–Kier alpha value is -1.14. The van der Waals surface area contributed by atoms with E-state index < -0.39 is 5.97 Å². The number of rotatable bonds is 7. The molecule has 1 atom stereocenters. The number of anilines is 1. The van der Waals surface area contributed by atoms with Crippen molar-refractivity contribution < 1.29 is 9.90 Å². The monoisotopic (exact) mass is 271 g/mol. The molecule has 6 heteroatoms. The molecular formula is C12H21N3O2S. The molecule has 0 fully saturated rings. The highest BCUT2D eigenvalue weighted by molar-refractivity contribution is 7.10. The Balaban J connectivity index is 2.52. The Morgan fingerprint density at radius 1 is 1.61 bits per heavy atom. The summed E-state index contributed by atoms with van der Waals surface area (Å²) in [5.74, 6) is -0.918. The third kappa shape index (κ3) is 3.68. The number of hydrogen-bond donors (Lipinski definition) is 2. The van der Waals surface area contributed by atoms with Crippen LogP contribution in [0.4, 0.5) is 5.00 Å². The van der Waals surface area contributed by atoms with Gasteiger partial charge in [0.2, 0.25) is 0 Å². The topological polar surface area (TPSA) is 65.5 Å². The molecule has 102 valence electrons. The number of carboxylic acid groups (broad SMARTS) is 1. The molecule has 0 aliphatic carbocycles. The van der Waals surface area contributed by atoms with Gasteiger partial charge in [0.05, 0.1) is 5.69 Å². The second-order valence-electron chi connectivity index (χ2n) is 4.44. The minimum Gasteiger partial charge on any atom is -0.478 e. The molecule has 0 aliphatic heterocycles. The van der Waals surface area contributed by atoms with E-state index in [2.05, 4.69) is 35.5 Å². The van der Waals surface area contributed by atoms with Gasteiger partial charge < -0.3 is 15.3 Å². The summed E-state index contributed by atoms with van der Waals surface area (Å²) in [7, 11) is 2.08. The Bertz CT molecular complexity index is 406. The lowest BCUT2D eigenvalue weighted by atomic mass is 10.2. The van der Waals surface area contributed by atoms with E-state index in [1.165, 1.54) is 11.5 Å². The molecule has 18 heavy (non-hydrogen) atoms. The SMILES string of the molecule is CCC(C)N(C)CCNc1snc(C)c1C(=O)O. The van der Waals surface area contributed by atoms with E-state index in [9.17, 15) is 4.79 Å². The molecule has 0 aliphatic rings. The van der Waals surface area contributed by atoms with Crippen molar-refractivity contribution in [2.45, 2.75) is 33.2 Å². The summed E-state index contributed by atoms with van der Waals surface area (Å²) in [6, 6.07) is 0.536. The second kappa shape index (κ2) is 6.70. The van der Waals surface area contributed by atoms with Crippen LogP contribution in [-0.2, 0) is 0 Å². The van der Waals surface area contributed by atoms with Crippen LogP contribution in [-0.4, -0.2) is 46.5 Å². The van der Waals surface area contributed by atoms with Gasteiger partial charge in [-0.3, -0.25) is 0 Å². The standard InChI is InChI=1S/C12H21N3O2S/c1-5-8(2)15(4)7-6-13-11-10(12(16)17)9(3)14-18-11/h8,13H,5-7H2,1-4H3,(H,16,17). The summed E-state index contributed by atoms with van der Waals surface area (Å²) in [6.07, 6.45) is 1.11. The summed E-state index contributed by atoms with van der Waals surface area (Å²) in [6.45, 7) is 7.66. The maximum absolute atomic E-state index is 11.1. The van der Waals surface area contributed by atoms with Crippen LogP contribution in [0.25, 0.3) is 0 Å². The van der Waals surface area contributed by atoms with Crippen LogP contribution >= 0.6 is 11.5 Å². The fourth-order valence-electron chi connectivity index (χ4n) is 1.62. The number of carboxylic acids is 1. The van der Waals surface area contributed by atoms with E-state index in [4.69, 9.17) is 5.11 Å². The van der Waals surface area contributed by atoms with Gasteiger partial charge in [-0.1, -0.05) is 6.92 Å². The Morgan fingerprint density at radius 2 is 2.28 bits per heavy atom. The lowest BCUT2D eigenvalue weighted by Crippen LogP contribution is -2.32. The number of likely N-dealkylation sites (N-methyl/N-ethyl adjacent to an activating group) is 1. The molecule has 0 aromatic carbocycles. The lowest BCUT2D eigenvalue weighted by molar-refractivity contribution is 0.0697. The lowest BCUT2D eigenvalue weighted by Gasteiger charge is -2.23. The predicted octanol–water partition coefficient (Wildman–Crippen LogP) is 2.29. The summed E-state index contributed by atoms with van der Waals surface area (Å²) in [5, 5.41) is 12.9. The molecule has 1 aromatic heterocycles. The summed E-state index contributed by atoms with van der Waals surface area (Å²) >= 11 is 1.21. The normalized spacial score (nSPS) is 12.7. The van der Waals surface area contributed by atoms with Gasteiger partial charge in [0.15, 0.2) is 0 Å². The van der Waals surface area contributed by atoms with E-state index in [0.29, 0.717) is 22.3 Å². The quantitative estimate of drug-likeness (QED) is 0.796. The molecule has 1 heterocycles. The van der Waals surface area contributed by atoms with Gasteiger partial charge >= 0.3 is 5.97 Å². The third-order valence-corrected chi connectivity index (χ3v) is 4.07. The number of aromatic nitrogens is 1. The van der Waals surface area contributed by atoms with Crippen LogP contribution in [0.3, 0.4) is 0 Å². The molecule has 0 saturated carbocycles. The highest BCUT2D eigenvalue weighted by atomic mass is 32.1. The van der Waals surface area contributed by atoms with Gasteiger partial charge in [-0.25, -0.2) is 4.79 Å². The van der Waals surface area contributed by atoms with E-state index in [1.54, 1.807) is 6.92 Å². The van der Waals surface area contributed by atoms with Crippen LogP contribution in [0.15, 0.2) is 0 Å². The first-order valence-electron chi connectivity index (χ1n) is 6.11. The third-order valence-electron chi connectivity index (χ3n) is 3.17. The maximum Gasteiger partial charge on any atom is 0.340 e. The molecule has 0 radical (unpaired) electrons. The average Bonchev–Trinajstić information content (AvgIpc) is 2.69. The molecule has 5 nitrogen and oxygen atoms in total. The number of aromatic carboxylic acids is 1. The van der Waals surface area contributed by atoms with Gasteiger partial charge in [-0.15, -0.1) is 0 Å². The van der Waals surface area contributed by atoms with Crippen molar-refractivity contribution in [2.24, 2.45) is 0 Å². The van der Waals surface area contributed by atoms with Gasteiger partial charge in [0.1, 0.15) is 10.6 Å². The molecule has 2 N–H and O–H groups in total. The predicted molar refractivity (Wildman–Crippen MR) is 74.7 cm³/mol. The summed E-state index contributed by atoms with van der Waals surface area (Å²) < 4.78 is 4.07. The first-order valence-corrected chi connectivity index (χ1v) is 6.88. The summed E-state index contributed by atoms with van der Waals surface area (Å²) in [5.41, 5.74) is 0.872. The zero-order valence-corrected chi connectivity index (χ0v) is 12.2. The van der Waals surface area contributed by atoms with Crippen molar-refractivity contribution in [3.63, 3.8) is 0 Å². The van der Waals surface area contributed by atoms with Crippen LogP contribution in [0.5, 0.6) is 0 Å².